The summed E-state index contributed by atoms with van der Waals surface area (Å²) in [5.41, 5.74) is 2.41. The fourth-order valence-corrected chi connectivity index (χ4v) is 2.60. The van der Waals surface area contributed by atoms with Crippen LogP contribution in [-0.4, -0.2) is 28.8 Å². The lowest BCUT2D eigenvalue weighted by Gasteiger charge is -2.06. The molecule has 25 heavy (non-hydrogen) atoms. The van der Waals surface area contributed by atoms with Crippen molar-refractivity contribution in [1.82, 2.24) is 5.43 Å². The van der Waals surface area contributed by atoms with Gasteiger partial charge in [-0.25, -0.2) is 5.43 Å². The van der Waals surface area contributed by atoms with Crippen LogP contribution in [0.15, 0.2) is 46.0 Å². The Morgan fingerprint density at radius 2 is 2.16 bits per heavy atom. The molecule has 0 aromatic heterocycles. The Morgan fingerprint density at radius 1 is 1.40 bits per heavy atom. The van der Waals surface area contributed by atoms with E-state index in [-0.39, 0.29) is 17.2 Å². The number of nitrogens with one attached hydrogen (secondary N) is 1. The van der Waals surface area contributed by atoms with Crippen molar-refractivity contribution in [3.63, 3.8) is 0 Å². The van der Waals surface area contributed by atoms with Gasteiger partial charge in [0.25, 0.3) is 5.91 Å². The molecule has 0 unspecified atom stereocenters. The molecule has 130 valence electrons. The van der Waals surface area contributed by atoms with E-state index in [1.54, 1.807) is 18.2 Å². The van der Waals surface area contributed by atoms with Gasteiger partial charge in [-0.05, 0) is 52.9 Å². The zero-order valence-corrected chi connectivity index (χ0v) is 16.2. The Bertz CT molecular complexity index is 844. The van der Waals surface area contributed by atoms with Gasteiger partial charge < -0.3 is 9.84 Å². The molecule has 10 heteroatoms. The van der Waals surface area contributed by atoms with E-state index in [1.807, 2.05) is 0 Å². The van der Waals surface area contributed by atoms with E-state index in [0.29, 0.717) is 10.0 Å². The molecule has 0 atom stereocenters. The van der Waals surface area contributed by atoms with Crippen LogP contribution in [-0.2, 0) is 4.79 Å². The van der Waals surface area contributed by atoms with Crippen LogP contribution in [0.3, 0.4) is 0 Å². The van der Waals surface area contributed by atoms with Crippen molar-refractivity contribution in [3.8, 4) is 11.5 Å². The fraction of sp³-hybridized carbons (Fsp3) is 0.0667. The van der Waals surface area contributed by atoms with Crippen LogP contribution >= 0.6 is 38.5 Å². The number of nitrogens with zero attached hydrogens (tertiary/aromatic N) is 2. The molecule has 0 heterocycles. The number of benzene rings is 2. The smallest absolute Gasteiger partial charge is 0.312 e. The number of hydrogen-bond acceptors (Lipinski definition) is 6. The van der Waals surface area contributed by atoms with Gasteiger partial charge in [0.05, 0.1) is 11.1 Å². The number of hydrogen-bond donors (Lipinski definition) is 2. The van der Waals surface area contributed by atoms with Crippen molar-refractivity contribution < 1.29 is 19.6 Å². The summed E-state index contributed by atoms with van der Waals surface area (Å²) in [6, 6.07) is 9.17. The molecule has 0 aliphatic rings. The first-order valence-electron chi connectivity index (χ1n) is 6.74. The Hall–Kier alpha value is -2.21. The first-order chi connectivity index (χ1) is 11.9. The number of amides is 1. The van der Waals surface area contributed by atoms with E-state index in [0.717, 1.165) is 3.57 Å². The number of halogens is 2. The average Bonchev–Trinajstić information content (AvgIpc) is 2.56. The lowest BCUT2D eigenvalue weighted by molar-refractivity contribution is -0.385. The van der Waals surface area contributed by atoms with Crippen LogP contribution in [0.2, 0.25) is 0 Å². The number of hydrazone groups is 1. The Balaban J connectivity index is 1.94. The summed E-state index contributed by atoms with van der Waals surface area (Å²) in [5, 5.41) is 24.3. The molecule has 0 aliphatic heterocycles. The van der Waals surface area contributed by atoms with Gasteiger partial charge in [0.15, 0.2) is 12.4 Å². The summed E-state index contributed by atoms with van der Waals surface area (Å²) < 4.78 is 6.58. The monoisotopic (exact) mass is 519 g/mol. The van der Waals surface area contributed by atoms with Crippen molar-refractivity contribution in [2.75, 3.05) is 6.61 Å². The highest BCUT2D eigenvalue weighted by Crippen LogP contribution is 2.29. The molecule has 2 N–H and O–H groups in total. The van der Waals surface area contributed by atoms with Crippen LogP contribution in [0.25, 0.3) is 0 Å². The van der Waals surface area contributed by atoms with Gasteiger partial charge in [0, 0.05) is 19.7 Å². The predicted octanol–water partition coefficient (Wildman–Crippen LogP) is 3.20. The molecule has 0 bridgehead atoms. The van der Waals surface area contributed by atoms with Gasteiger partial charge in [0.2, 0.25) is 0 Å². The molecule has 1 amide bonds. The van der Waals surface area contributed by atoms with E-state index in [2.05, 4.69) is 49.0 Å². The van der Waals surface area contributed by atoms with Crippen LogP contribution < -0.4 is 10.2 Å². The molecule has 0 spiro atoms. The second-order valence-electron chi connectivity index (χ2n) is 4.65. The van der Waals surface area contributed by atoms with Crippen molar-refractivity contribution in [3.05, 3.63) is 60.1 Å². The maximum absolute atomic E-state index is 11.7. The van der Waals surface area contributed by atoms with Crippen molar-refractivity contribution >= 4 is 56.3 Å². The molecule has 0 saturated carbocycles. The number of nitro groups is 1. The zero-order valence-electron chi connectivity index (χ0n) is 12.5. The lowest BCUT2D eigenvalue weighted by Crippen LogP contribution is -2.24. The largest absolute Gasteiger partial charge is 0.507 e. The first-order valence-corrected chi connectivity index (χ1v) is 8.61. The summed E-state index contributed by atoms with van der Waals surface area (Å²) in [5.74, 6) is -0.596. The number of carbonyl (C=O) groups excluding carboxylic acids is 1. The summed E-state index contributed by atoms with van der Waals surface area (Å²) in [4.78, 5) is 22.1. The molecule has 0 fully saturated rings. The second-order valence-corrected chi connectivity index (χ2v) is 6.82. The third kappa shape index (κ3) is 5.67. The number of ether oxygens (including phenoxy) is 1. The number of aromatic hydroxyl groups is 1. The van der Waals surface area contributed by atoms with E-state index in [4.69, 9.17) is 4.74 Å². The highest BCUT2D eigenvalue weighted by Gasteiger charge is 2.16. The SMILES string of the molecule is O=C(COc1ccc(Br)cc1[N+](=O)[O-])N/N=C/c1cc(I)ccc1O. The topological polar surface area (TPSA) is 114 Å². The number of rotatable bonds is 6. The zero-order chi connectivity index (χ0) is 18.4. The summed E-state index contributed by atoms with van der Waals surface area (Å²) >= 11 is 5.21. The van der Waals surface area contributed by atoms with Gasteiger partial charge in [0.1, 0.15) is 5.75 Å². The van der Waals surface area contributed by atoms with Gasteiger partial charge >= 0.3 is 5.69 Å². The van der Waals surface area contributed by atoms with Gasteiger partial charge in [-0.15, -0.1) is 0 Å². The minimum atomic E-state index is -0.601. The number of nitro benzene ring substituents is 1. The quantitative estimate of drug-likeness (QED) is 0.263. The van der Waals surface area contributed by atoms with Gasteiger partial charge in [-0.1, -0.05) is 15.9 Å². The highest BCUT2D eigenvalue weighted by molar-refractivity contribution is 14.1. The highest BCUT2D eigenvalue weighted by atomic mass is 127. The van der Waals surface area contributed by atoms with Gasteiger partial charge in [-0.2, -0.15) is 5.10 Å². The fourth-order valence-electron chi connectivity index (χ4n) is 1.73. The lowest BCUT2D eigenvalue weighted by atomic mass is 10.2. The molecule has 0 saturated heterocycles. The van der Waals surface area contributed by atoms with E-state index in [1.165, 1.54) is 24.4 Å². The third-order valence-corrected chi connectivity index (χ3v) is 4.02. The van der Waals surface area contributed by atoms with Crippen LogP contribution in [0, 0.1) is 13.7 Å². The number of phenols is 1. The Kier molecular flexibility index (Phi) is 6.70. The first kappa shape index (κ1) is 19.1. The normalized spacial score (nSPS) is 10.6. The molecular weight excluding hydrogens is 509 g/mol. The summed E-state index contributed by atoms with van der Waals surface area (Å²) in [7, 11) is 0. The van der Waals surface area contributed by atoms with Crippen LogP contribution in [0.4, 0.5) is 5.69 Å². The number of carbonyl (C=O) groups is 1. The molecule has 2 aromatic rings. The van der Waals surface area contributed by atoms with Crippen LogP contribution in [0.5, 0.6) is 11.5 Å². The summed E-state index contributed by atoms with van der Waals surface area (Å²) in [6.45, 7) is -0.446. The second kappa shape index (κ2) is 8.76. The molecular formula is C15H11BrIN3O5. The maximum atomic E-state index is 11.7. The third-order valence-electron chi connectivity index (χ3n) is 2.86. The van der Waals surface area contributed by atoms with Crippen LogP contribution in [0.1, 0.15) is 5.56 Å². The van der Waals surface area contributed by atoms with E-state index >= 15 is 0 Å². The van der Waals surface area contributed by atoms with E-state index in [9.17, 15) is 20.0 Å². The van der Waals surface area contributed by atoms with Gasteiger partial charge in [-0.3, -0.25) is 14.9 Å². The molecule has 0 radical (unpaired) electrons. The predicted molar refractivity (Wildman–Crippen MR) is 103 cm³/mol. The minimum Gasteiger partial charge on any atom is -0.507 e. The minimum absolute atomic E-state index is 0.0254. The van der Waals surface area contributed by atoms with Crippen molar-refractivity contribution in [2.45, 2.75) is 0 Å². The van der Waals surface area contributed by atoms with E-state index < -0.39 is 17.4 Å². The van der Waals surface area contributed by atoms with Crippen molar-refractivity contribution in [1.29, 1.82) is 0 Å². The maximum Gasteiger partial charge on any atom is 0.312 e. The standard InChI is InChI=1S/C15H11BrIN3O5/c16-10-1-4-14(12(6-10)20(23)24)25-8-15(22)19-18-7-9-5-11(17)2-3-13(9)21/h1-7,21H,8H2,(H,19,22)/b18-7+. The summed E-state index contributed by atoms with van der Waals surface area (Å²) in [6.07, 6.45) is 1.29. The molecule has 2 aromatic carbocycles. The van der Waals surface area contributed by atoms with Crippen molar-refractivity contribution in [2.24, 2.45) is 5.10 Å². The molecule has 0 aliphatic carbocycles. The molecule has 8 nitrogen and oxygen atoms in total. The molecule has 2 rings (SSSR count). The number of phenolic OH excluding ortho intramolecular Hbond substituents is 1. The Labute approximate surface area is 164 Å². The Morgan fingerprint density at radius 3 is 2.88 bits per heavy atom. The average molecular weight is 520 g/mol.